The highest BCUT2D eigenvalue weighted by Gasteiger charge is 2.20. The van der Waals surface area contributed by atoms with E-state index in [0.717, 1.165) is 61.2 Å². The van der Waals surface area contributed by atoms with Crippen molar-refractivity contribution >= 4 is 38.2 Å². The van der Waals surface area contributed by atoms with Crippen LogP contribution >= 0.6 is 0 Å². The number of benzene rings is 5. The molecule has 0 atom stereocenters. The van der Waals surface area contributed by atoms with Gasteiger partial charge in [-0.05, 0) is 29.7 Å². The SMILES string of the molecule is c1ccc(-c2nc3c4ccccc4c4cc(-c5ccc6ccccc6n5)ccc4n3c2-c2ccccc2)cc1. The molecule has 0 N–H and O–H groups in total. The maximum absolute atomic E-state index is 5.30. The predicted octanol–water partition coefficient (Wildman–Crippen LogP) is 9.19. The Morgan fingerprint density at radius 1 is 0.462 bits per heavy atom. The quantitative estimate of drug-likeness (QED) is 0.228. The Kier molecular flexibility index (Phi) is 4.82. The summed E-state index contributed by atoms with van der Waals surface area (Å²) in [6, 6.07) is 48.9. The third kappa shape index (κ3) is 3.44. The molecule has 0 unspecified atom stereocenters. The average Bonchev–Trinajstić information content (AvgIpc) is 3.43. The molecular weight excluding hydrogens is 474 g/mol. The molecule has 0 aliphatic rings. The number of pyridine rings is 2. The molecule has 0 fully saturated rings. The van der Waals surface area contributed by atoms with Crippen molar-refractivity contribution < 1.29 is 0 Å². The predicted molar refractivity (Wildman–Crippen MR) is 162 cm³/mol. The highest BCUT2D eigenvalue weighted by atomic mass is 15.0. The third-order valence-corrected chi connectivity index (χ3v) is 7.56. The molecular formula is C36H23N3. The molecule has 0 amide bonds. The summed E-state index contributed by atoms with van der Waals surface area (Å²) < 4.78 is 2.34. The molecule has 3 heterocycles. The Hall–Kier alpha value is -5.28. The van der Waals surface area contributed by atoms with Gasteiger partial charge in [0.1, 0.15) is 5.65 Å². The standard InChI is InChI=1S/C36H23N3/c1-3-12-25(13-4-1)34-35(26-14-5-2-6-15-26)39-33-22-20-27(32-21-19-24-11-7-10-18-31(24)37-32)23-30(33)28-16-8-9-17-29(28)36(39)38-34/h1-23H. The van der Waals surface area contributed by atoms with Gasteiger partial charge in [0, 0.05) is 32.8 Å². The molecule has 0 saturated carbocycles. The van der Waals surface area contributed by atoms with E-state index in [-0.39, 0.29) is 0 Å². The van der Waals surface area contributed by atoms with Gasteiger partial charge in [-0.15, -0.1) is 0 Å². The van der Waals surface area contributed by atoms with Crippen molar-refractivity contribution in [2.24, 2.45) is 0 Å². The molecule has 8 aromatic rings. The van der Waals surface area contributed by atoms with Crippen molar-refractivity contribution in [2.45, 2.75) is 0 Å². The van der Waals surface area contributed by atoms with Gasteiger partial charge < -0.3 is 0 Å². The molecule has 0 radical (unpaired) electrons. The molecule has 182 valence electrons. The first kappa shape index (κ1) is 21.8. The van der Waals surface area contributed by atoms with E-state index in [9.17, 15) is 0 Å². The first-order valence-electron chi connectivity index (χ1n) is 13.2. The first-order chi connectivity index (χ1) is 19.3. The Morgan fingerprint density at radius 2 is 1.15 bits per heavy atom. The number of aromatic nitrogens is 3. The van der Waals surface area contributed by atoms with Gasteiger partial charge in [-0.3, -0.25) is 4.40 Å². The minimum absolute atomic E-state index is 0.965. The second-order valence-corrected chi connectivity index (χ2v) is 9.87. The number of rotatable bonds is 3. The van der Waals surface area contributed by atoms with Crippen molar-refractivity contribution in [3.8, 4) is 33.8 Å². The Bertz CT molecular complexity index is 2160. The summed E-state index contributed by atoms with van der Waals surface area (Å²) in [6.45, 7) is 0. The molecule has 3 aromatic heterocycles. The number of hydrogen-bond donors (Lipinski definition) is 0. The van der Waals surface area contributed by atoms with Crippen molar-refractivity contribution in [1.82, 2.24) is 14.4 Å². The van der Waals surface area contributed by atoms with Gasteiger partial charge in [-0.2, -0.15) is 0 Å². The smallest absolute Gasteiger partial charge is 0.146 e. The van der Waals surface area contributed by atoms with Crippen molar-refractivity contribution in [3.63, 3.8) is 0 Å². The minimum atomic E-state index is 0.965. The third-order valence-electron chi connectivity index (χ3n) is 7.56. The van der Waals surface area contributed by atoms with Gasteiger partial charge in [0.15, 0.2) is 0 Å². The van der Waals surface area contributed by atoms with Crippen LogP contribution in [0.5, 0.6) is 0 Å². The zero-order valence-corrected chi connectivity index (χ0v) is 21.1. The maximum atomic E-state index is 5.30. The summed E-state index contributed by atoms with van der Waals surface area (Å²) in [7, 11) is 0. The highest BCUT2D eigenvalue weighted by Crippen LogP contribution is 2.39. The van der Waals surface area contributed by atoms with E-state index in [0.29, 0.717) is 0 Å². The molecule has 0 aliphatic heterocycles. The Morgan fingerprint density at radius 3 is 1.97 bits per heavy atom. The first-order valence-corrected chi connectivity index (χ1v) is 13.2. The summed E-state index contributed by atoms with van der Waals surface area (Å²) in [4.78, 5) is 10.3. The molecule has 0 spiro atoms. The van der Waals surface area contributed by atoms with Crippen LogP contribution in [0.1, 0.15) is 0 Å². The van der Waals surface area contributed by atoms with Gasteiger partial charge in [-0.25, -0.2) is 9.97 Å². The van der Waals surface area contributed by atoms with Crippen LogP contribution in [0.25, 0.3) is 72.0 Å². The van der Waals surface area contributed by atoms with E-state index in [1.54, 1.807) is 0 Å². The summed E-state index contributed by atoms with van der Waals surface area (Å²) in [5.74, 6) is 0. The van der Waals surface area contributed by atoms with Gasteiger partial charge in [-0.1, -0.05) is 115 Å². The number of imidazole rings is 1. The summed E-state index contributed by atoms with van der Waals surface area (Å²) >= 11 is 0. The maximum Gasteiger partial charge on any atom is 0.146 e. The Balaban J connectivity index is 1.49. The van der Waals surface area contributed by atoms with Crippen molar-refractivity contribution in [3.05, 3.63) is 140 Å². The van der Waals surface area contributed by atoms with Crippen LogP contribution in [0.15, 0.2) is 140 Å². The fourth-order valence-corrected chi connectivity index (χ4v) is 5.74. The van der Waals surface area contributed by atoms with Crippen LogP contribution in [0, 0.1) is 0 Å². The summed E-state index contributed by atoms with van der Waals surface area (Å²) in [5, 5.41) is 4.65. The zero-order valence-electron chi connectivity index (χ0n) is 21.1. The largest absolute Gasteiger partial charge is 0.291 e. The molecule has 5 aromatic carbocycles. The van der Waals surface area contributed by atoms with Crippen molar-refractivity contribution in [1.29, 1.82) is 0 Å². The van der Waals surface area contributed by atoms with Gasteiger partial charge >= 0.3 is 0 Å². The van der Waals surface area contributed by atoms with Crippen LogP contribution in [0.4, 0.5) is 0 Å². The van der Waals surface area contributed by atoms with E-state index in [2.05, 4.69) is 138 Å². The lowest BCUT2D eigenvalue weighted by molar-refractivity contribution is 1.27. The summed E-state index contributed by atoms with van der Waals surface area (Å²) in [5.41, 5.74) is 9.50. The lowest BCUT2D eigenvalue weighted by Gasteiger charge is -2.13. The van der Waals surface area contributed by atoms with Crippen LogP contribution < -0.4 is 0 Å². The lowest BCUT2D eigenvalue weighted by atomic mass is 10.0. The van der Waals surface area contributed by atoms with E-state index < -0.39 is 0 Å². The molecule has 0 saturated heterocycles. The van der Waals surface area contributed by atoms with Crippen LogP contribution in [0.2, 0.25) is 0 Å². The second kappa shape index (κ2) is 8.64. The van der Waals surface area contributed by atoms with Crippen LogP contribution in [0.3, 0.4) is 0 Å². The van der Waals surface area contributed by atoms with Gasteiger partial charge in [0.05, 0.1) is 28.1 Å². The van der Waals surface area contributed by atoms with E-state index in [4.69, 9.17) is 9.97 Å². The fourth-order valence-electron chi connectivity index (χ4n) is 5.74. The number of fused-ring (bicyclic) bond motifs is 7. The molecule has 3 heteroatoms. The van der Waals surface area contributed by atoms with E-state index in [1.807, 2.05) is 6.07 Å². The van der Waals surface area contributed by atoms with Crippen LogP contribution in [-0.2, 0) is 0 Å². The number of hydrogen-bond acceptors (Lipinski definition) is 2. The molecule has 39 heavy (non-hydrogen) atoms. The fraction of sp³-hybridized carbons (Fsp3) is 0. The number of nitrogens with zero attached hydrogens (tertiary/aromatic N) is 3. The van der Waals surface area contributed by atoms with E-state index in [1.165, 1.54) is 10.8 Å². The Labute approximate surface area is 225 Å². The topological polar surface area (TPSA) is 30.2 Å². The molecule has 3 nitrogen and oxygen atoms in total. The lowest BCUT2D eigenvalue weighted by Crippen LogP contribution is -1.95. The van der Waals surface area contributed by atoms with Crippen LogP contribution in [-0.4, -0.2) is 14.4 Å². The summed E-state index contributed by atoms with van der Waals surface area (Å²) in [6.07, 6.45) is 0. The second-order valence-electron chi connectivity index (χ2n) is 9.87. The highest BCUT2D eigenvalue weighted by molar-refractivity contribution is 6.14. The van der Waals surface area contributed by atoms with Gasteiger partial charge in [0.2, 0.25) is 0 Å². The normalized spacial score (nSPS) is 11.6. The molecule has 0 bridgehead atoms. The monoisotopic (exact) mass is 497 g/mol. The number of para-hydroxylation sites is 1. The molecule has 0 aliphatic carbocycles. The molecule has 8 rings (SSSR count). The van der Waals surface area contributed by atoms with Crippen molar-refractivity contribution in [2.75, 3.05) is 0 Å². The van der Waals surface area contributed by atoms with E-state index >= 15 is 0 Å². The zero-order chi connectivity index (χ0) is 25.8. The average molecular weight is 498 g/mol. The van der Waals surface area contributed by atoms with Gasteiger partial charge in [0.25, 0.3) is 0 Å². The minimum Gasteiger partial charge on any atom is -0.291 e.